The second-order valence-electron chi connectivity index (χ2n) is 9.16. The van der Waals surface area contributed by atoms with E-state index < -0.39 is 5.91 Å². The van der Waals surface area contributed by atoms with E-state index >= 15 is 0 Å². The van der Waals surface area contributed by atoms with Gasteiger partial charge in [-0.25, -0.2) is 9.98 Å². The van der Waals surface area contributed by atoms with Gasteiger partial charge in [0.05, 0.1) is 30.2 Å². The lowest BCUT2D eigenvalue weighted by atomic mass is 10.1. The Morgan fingerprint density at radius 3 is 2.78 bits per heavy atom. The van der Waals surface area contributed by atoms with Gasteiger partial charge in [0.1, 0.15) is 5.75 Å². The van der Waals surface area contributed by atoms with Gasteiger partial charge in [-0.05, 0) is 52.0 Å². The lowest BCUT2D eigenvalue weighted by Crippen LogP contribution is -2.50. The molecule has 0 fully saturated rings. The molecule has 0 spiro atoms. The summed E-state index contributed by atoms with van der Waals surface area (Å²) in [5, 5.41) is 0. The van der Waals surface area contributed by atoms with Crippen LogP contribution in [0, 0.1) is 0 Å². The highest BCUT2D eigenvalue weighted by Gasteiger charge is 2.44. The van der Waals surface area contributed by atoms with Crippen molar-refractivity contribution in [1.82, 2.24) is 14.5 Å². The summed E-state index contributed by atoms with van der Waals surface area (Å²) in [5.41, 5.74) is 9.30. The van der Waals surface area contributed by atoms with E-state index in [-0.39, 0.29) is 24.3 Å². The van der Waals surface area contributed by atoms with Gasteiger partial charge in [-0.2, -0.15) is 0 Å². The Morgan fingerprint density at radius 1 is 1.22 bits per heavy atom. The molecule has 36 heavy (non-hydrogen) atoms. The smallest absolute Gasteiger partial charge is 0.284 e. The third-order valence-corrected chi connectivity index (χ3v) is 7.41. The standard InChI is InChI=1S/C26H25BrN6O3/c1-2-31-25(35)20-23(33-14-18(29-26(31)33)11-15-6-4-3-5-7-15)30-24(22(28)34)32(20)13-16-10-17-8-9-36-21(17)19(27)12-16/h3-7,10,12,18H,2,8-9,11,13-14H2,1H3,(H2,28,34). The predicted molar refractivity (Wildman–Crippen MR) is 139 cm³/mol. The molecule has 0 radical (unpaired) electrons. The van der Waals surface area contributed by atoms with Gasteiger partial charge in [0.25, 0.3) is 11.8 Å². The fourth-order valence-electron chi connectivity index (χ4n) is 5.24. The number of guanidine groups is 1. The number of anilines is 1. The number of aromatic nitrogens is 2. The van der Waals surface area contributed by atoms with Crippen molar-refractivity contribution >= 4 is 39.5 Å². The number of hydrogen-bond donors (Lipinski definition) is 1. The summed E-state index contributed by atoms with van der Waals surface area (Å²) in [6.07, 6.45) is 1.56. The van der Waals surface area contributed by atoms with E-state index in [2.05, 4.69) is 33.0 Å². The van der Waals surface area contributed by atoms with Crippen LogP contribution in [-0.4, -0.2) is 58.0 Å². The van der Waals surface area contributed by atoms with Gasteiger partial charge in [-0.15, -0.1) is 0 Å². The Kier molecular flexibility index (Phi) is 5.55. The molecule has 2 N–H and O–H groups in total. The van der Waals surface area contributed by atoms with Crippen LogP contribution >= 0.6 is 15.9 Å². The monoisotopic (exact) mass is 548 g/mol. The summed E-state index contributed by atoms with van der Waals surface area (Å²) in [4.78, 5) is 39.3. The Bertz CT molecular complexity index is 1420. The van der Waals surface area contributed by atoms with Crippen LogP contribution < -0.4 is 15.4 Å². The Labute approximate surface area is 216 Å². The van der Waals surface area contributed by atoms with Crippen LogP contribution in [0.1, 0.15) is 44.7 Å². The average molecular weight is 549 g/mol. The quantitative estimate of drug-likeness (QED) is 0.509. The summed E-state index contributed by atoms with van der Waals surface area (Å²) in [7, 11) is 0. The van der Waals surface area contributed by atoms with E-state index in [9.17, 15) is 9.59 Å². The number of carbonyl (C=O) groups is 2. The summed E-state index contributed by atoms with van der Waals surface area (Å²) in [6.45, 7) is 3.85. The highest BCUT2D eigenvalue weighted by molar-refractivity contribution is 9.10. The summed E-state index contributed by atoms with van der Waals surface area (Å²) >= 11 is 3.59. The van der Waals surface area contributed by atoms with Crippen LogP contribution in [0.3, 0.4) is 0 Å². The number of ether oxygens (including phenoxy) is 1. The molecular formula is C26H25BrN6O3. The normalized spacial score (nSPS) is 18.0. The van der Waals surface area contributed by atoms with E-state index in [1.807, 2.05) is 42.2 Å². The van der Waals surface area contributed by atoms with Crippen molar-refractivity contribution in [2.75, 3.05) is 24.6 Å². The van der Waals surface area contributed by atoms with Crippen molar-refractivity contribution in [1.29, 1.82) is 0 Å². The van der Waals surface area contributed by atoms with Gasteiger partial charge in [-0.3, -0.25) is 19.4 Å². The topological polar surface area (TPSA) is 106 Å². The highest BCUT2D eigenvalue weighted by Crippen LogP contribution is 2.37. The molecular weight excluding hydrogens is 524 g/mol. The molecule has 0 saturated carbocycles. The van der Waals surface area contributed by atoms with Crippen molar-refractivity contribution in [2.45, 2.75) is 32.4 Å². The molecule has 3 aromatic rings. The average Bonchev–Trinajstić information content (AvgIpc) is 3.58. The molecule has 9 nitrogen and oxygen atoms in total. The Morgan fingerprint density at radius 2 is 2.03 bits per heavy atom. The lowest BCUT2D eigenvalue weighted by molar-refractivity contribution is 0.0836. The van der Waals surface area contributed by atoms with Gasteiger partial charge in [0, 0.05) is 13.0 Å². The summed E-state index contributed by atoms with van der Waals surface area (Å²) < 4.78 is 8.19. The van der Waals surface area contributed by atoms with Crippen molar-refractivity contribution in [3.63, 3.8) is 0 Å². The minimum atomic E-state index is -0.678. The van der Waals surface area contributed by atoms with Crippen LogP contribution in [0.15, 0.2) is 51.9 Å². The first kappa shape index (κ1) is 22.8. The first-order valence-corrected chi connectivity index (χ1v) is 12.8. The maximum atomic E-state index is 13.7. The summed E-state index contributed by atoms with van der Waals surface area (Å²) in [6, 6.07) is 14.1. The zero-order valence-electron chi connectivity index (χ0n) is 19.8. The largest absolute Gasteiger partial charge is 0.492 e. The number of primary amides is 1. The molecule has 3 aliphatic rings. The van der Waals surface area contributed by atoms with E-state index in [4.69, 9.17) is 15.5 Å². The number of benzene rings is 2. The molecule has 4 heterocycles. The molecule has 3 aliphatic heterocycles. The summed E-state index contributed by atoms with van der Waals surface area (Å²) in [5.74, 6) is 1.02. The second kappa shape index (κ2) is 8.77. The van der Waals surface area contributed by atoms with Gasteiger partial charge >= 0.3 is 0 Å². The van der Waals surface area contributed by atoms with Crippen molar-refractivity contribution in [3.8, 4) is 5.75 Å². The predicted octanol–water partition coefficient (Wildman–Crippen LogP) is 2.99. The number of nitrogens with zero attached hydrogens (tertiary/aromatic N) is 5. The van der Waals surface area contributed by atoms with E-state index in [0.717, 1.165) is 34.2 Å². The van der Waals surface area contributed by atoms with Gasteiger partial charge in [0.15, 0.2) is 11.5 Å². The van der Waals surface area contributed by atoms with Crippen LogP contribution in [0.4, 0.5) is 5.82 Å². The van der Waals surface area contributed by atoms with Crippen LogP contribution in [0.25, 0.3) is 0 Å². The minimum absolute atomic E-state index is 0.0370. The zero-order chi connectivity index (χ0) is 25.0. The molecule has 1 aromatic heterocycles. The SMILES string of the molecule is CCN1C(=O)c2c(nc(C(N)=O)n2Cc2cc(Br)c3c(c2)CCO3)N2CC(Cc3ccccc3)N=C12. The highest BCUT2D eigenvalue weighted by atomic mass is 79.9. The molecule has 0 saturated heterocycles. The number of amides is 2. The van der Waals surface area contributed by atoms with Crippen molar-refractivity contribution in [3.05, 3.63) is 75.1 Å². The van der Waals surface area contributed by atoms with Crippen molar-refractivity contribution in [2.24, 2.45) is 10.7 Å². The maximum absolute atomic E-state index is 13.7. The molecule has 0 aliphatic carbocycles. The number of carbonyl (C=O) groups excluding carboxylic acids is 2. The molecule has 2 aromatic carbocycles. The first-order chi connectivity index (χ1) is 17.4. The third kappa shape index (κ3) is 3.67. The first-order valence-electron chi connectivity index (χ1n) is 12.0. The van der Waals surface area contributed by atoms with Crippen LogP contribution in [-0.2, 0) is 19.4 Å². The number of halogens is 1. The number of aliphatic imine (C=N–C) groups is 1. The second-order valence-corrected chi connectivity index (χ2v) is 10.0. The molecule has 10 heteroatoms. The van der Waals surface area contributed by atoms with Gasteiger partial charge in [-0.1, -0.05) is 36.4 Å². The maximum Gasteiger partial charge on any atom is 0.284 e. The van der Waals surface area contributed by atoms with Crippen molar-refractivity contribution < 1.29 is 14.3 Å². The van der Waals surface area contributed by atoms with Gasteiger partial charge < -0.3 is 15.0 Å². The molecule has 0 bridgehead atoms. The van der Waals surface area contributed by atoms with E-state index in [0.29, 0.717) is 37.2 Å². The van der Waals surface area contributed by atoms with Crippen LogP contribution in [0.5, 0.6) is 5.75 Å². The fraction of sp³-hybridized carbons (Fsp3) is 0.308. The van der Waals surface area contributed by atoms with Crippen LogP contribution in [0.2, 0.25) is 0 Å². The third-order valence-electron chi connectivity index (χ3n) is 6.82. The number of nitrogens with two attached hydrogens (primary N) is 1. The Balaban J connectivity index is 1.40. The Hall–Kier alpha value is -3.66. The molecule has 184 valence electrons. The fourth-order valence-corrected chi connectivity index (χ4v) is 5.90. The van der Waals surface area contributed by atoms with E-state index in [1.165, 1.54) is 5.56 Å². The molecule has 1 atom stereocenters. The number of rotatable bonds is 6. The zero-order valence-corrected chi connectivity index (χ0v) is 21.4. The van der Waals surface area contributed by atoms with E-state index in [1.54, 1.807) is 9.47 Å². The number of hydrogen-bond acceptors (Lipinski definition) is 6. The minimum Gasteiger partial charge on any atom is -0.492 e. The van der Waals surface area contributed by atoms with Gasteiger partial charge in [0.2, 0.25) is 11.8 Å². The molecule has 6 rings (SSSR count). The molecule has 2 amide bonds. The number of fused-ring (bicyclic) bond motifs is 4. The number of imidazole rings is 1. The molecule has 1 unspecified atom stereocenters. The lowest BCUT2D eigenvalue weighted by Gasteiger charge is -2.33.